The highest BCUT2D eigenvalue weighted by molar-refractivity contribution is 5.24. The van der Waals surface area contributed by atoms with Gasteiger partial charge in [0.15, 0.2) is 0 Å². The maximum atomic E-state index is 6.97. The summed E-state index contributed by atoms with van der Waals surface area (Å²) in [7, 11) is 0. The van der Waals surface area contributed by atoms with Crippen LogP contribution in [0.2, 0.25) is 0 Å². The van der Waals surface area contributed by atoms with E-state index in [0.717, 1.165) is 76.6 Å². The highest BCUT2D eigenvalue weighted by atomic mass is 16.6. The zero-order valence-corrected chi connectivity index (χ0v) is 26.5. The van der Waals surface area contributed by atoms with Gasteiger partial charge in [-0.05, 0) is 55.4 Å². The first kappa shape index (κ1) is 33.8. The minimum atomic E-state index is -0.283. The van der Waals surface area contributed by atoms with Crippen LogP contribution in [0.4, 0.5) is 0 Å². The molecular weight excluding hydrogens is 514 g/mol. The Bertz CT molecular complexity index is 929. The molecule has 0 aliphatic carbocycles. The third kappa shape index (κ3) is 10.5. The van der Waals surface area contributed by atoms with Crippen molar-refractivity contribution in [3.05, 3.63) is 59.4 Å². The lowest BCUT2D eigenvalue weighted by Crippen LogP contribution is -2.59. The molecule has 3 rings (SSSR count). The monoisotopic (exact) mass is 571 g/mol. The van der Waals surface area contributed by atoms with Crippen LogP contribution in [0.15, 0.2) is 42.6 Å². The van der Waals surface area contributed by atoms with Gasteiger partial charge >= 0.3 is 0 Å². The topological polar surface area (TPSA) is 51.1 Å². The number of rotatable bonds is 21. The van der Waals surface area contributed by atoms with Gasteiger partial charge in [-0.2, -0.15) is 0 Å². The Morgan fingerprint density at radius 3 is 1.83 bits per heavy atom. The quantitative estimate of drug-likeness (QED) is 0.143. The van der Waals surface area contributed by atoms with Crippen molar-refractivity contribution < 1.29 is 23.7 Å². The Hall–Kier alpha value is -1.70. The molecule has 0 saturated carbocycles. The third-order valence-electron chi connectivity index (χ3n) is 7.92. The van der Waals surface area contributed by atoms with Gasteiger partial charge in [-0.1, -0.05) is 84.6 Å². The molecule has 2 unspecified atom stereocenters. The van der Waals surface area contributed by atoms with E-state index in [0.29, 0.717) is 26.4 Å². The van der Waals surface area contributed by atoms with E-state index in [9.17, 15) is 0 Å². The first-order chi connectivity index (χ1) is 20.2. The van der Waals surface area contributed by atoms with E-state index in [4.69, 9.17) is 23.7 Å². The Labute approximate surface area is 250 Å². The van der Waals surface area contributed by atoms with Gasteiger partial charge in [0.2, 0.25) is 0 Å². The van der Waals surface area contributed by atoms with Gasteiger partial charge in [-0.3, -0.25) is 0 Å². The van der Waals surface area contributed by atoms with Gasteiger partial charge in [0, 0.05) is 44.9 Å². The number of nitrogens with zero attached hydrogens (tertiary/aromatic N) is 1. The number of aromatic nitrogens is 1. The highest BCUT2D eigenvalue weighted by Gasteiger charge is 2.49. The van der Waals surface area contributed by atoms with Gasteiger partial charge in [0.25, 0.3) is 0 Å². The van der Waals surface area contributed by atoms with Crippen molar-refractivity contribution in [1.29, 1.82) is 0 Å². The average molecular weight is 572 g/mol. The molecule has 6 nitrogen and oxygen atoms in total. The normalized spacial score (nSPS) is 22.8. The Morgan fingerprint density at radius 1 is 0.659 bits per heavy atom. The van der Waals surface area contributed by atoms with E-state index in [2.05, 4.69) is 81.8 Å². The lowest BCUT2D eigenvalue weighted by atomic mass is 9.92. The molecule has 1 aromatic carbocycles. The highest BCUT2D eigenvalue weighted by Crippen LogP contribution is 2.38. The number of ether oxygens (including phenoxy) is 5. The summed E-state index contributed by atoms with van der Waals surface area (Å²) in [5.41, 5.74) is 3.74. The molecule has 2 heterocycles. The number of benzene rings is 1. The fourth-order valence-corrected chi connectivity index (χ4v) is 5.30. The van der Waals surface area contributed by atoms with Crippen LogP contribution in [0.5, 0.6) is 0 Å². The second-order valence-corrected chi connectivity index (χ2v) is 11.3. The van der Waals surface area contributed by atoms with Crippen LogP contribution in [0.25, 0.3) is 0 Å². The summed E-state index contributed by atoms with van der Waals surface area (Å²) in [6.45, 7) is 15.0. The Kier molecular flexibility index (Phi) is 16.1. The molecule has 0 amide bonds. The van der Waals surface area contributed by atoms with E-state index < -0.39 is 0 Å². The number of aryl methyl sites for hydroxylation is 1. The van der Waals surface area contributed by atoms with E-state index in [1.165, 1.54) is 11.1 Å². The van der Waals surface area contributed by atoms with Crippen LogP contribution >= 0.6 is 0 Å². The summed E-state index contributed by atoms with van der Waals surface area (Å²) in [4.78, 5) is 0. The molecule has 5 atom stereocenters. The van der Waals surface area contributed by atoms with Crippen molar-refractivity contribution >= 4 is 0 Å². The maximum absolute atomic E-state index is 6.97. The third-order valence-corrected chi connectivity index (χ3v) is 7.92. The second-order valence-electron chi connectivity index (χ2n) is 11.3. The SMILES string of the molecule is CCCCOC[C@H]1OC(c2cccn2Cc2ccc(CC)cc2)[C@H](OCCCC)C(OCCCC)[C@@H]1OCCCC. The van der Waals surface area contributed by atoms with Crippen molar-refractivity contribution in [3.63, 3.8) is 0 Å². The lowest BCUT2D eigenvalue weighted by molar-refractivity contribution is -0.269. The lowest BCUT2D eigenvalue weighted by Gasteiger charge is -2.46. The fourth-order valence-electron chi connectivity index (χ4n) is 5.30. The van der Waals surface area contributed by atoms with Crippen molar-refractivity contribution in [2.75, 3.05) is 33.0 Å². The van der Waals surface area contributed by atoms with Gasteiger partial charge < -0.3 is 28.3 Å². The molecule has 0 bridgehead atoms. The van der Waals surface area contributed by atoms with Crippen LogP contribution in [-0.4, -0.2) is 62.0 Å². The predicted molar refractivity (Wildman–Crippen MR) is 167 cm³/mol. The zero-order valence-electron chi connectivity index (χ0n) is 26.5. The molecule has 0 spiro atoms. The van der Waals surface area contributed by atoms with Crippen LogP contribution in [-0.2, 0) is 36.6 Å². The summed E-state index contributed by atoms with van der Waals surface area (Å²) in [5.74, 6) is 0. The molecule has 0 radical (unpaired) electrons. The molecule has 41 heavy (non-hydrogen) atoms. The van der Waals surface area contributed by atoms with Crippen LogP contribution in [0.3, 0.4) is 0 Å². The average Bonchev–Trinajstić information content (AvgIpc) is 3.45. The van der Waals surface area contributed by atoms with E-state index in [1.54, 1.807) is 0 Å². The standard InChI is InChI=1S/C35H57NO5/c1-6-11-22-37-27-31-33(38-23-12-7-2)35(40-25-14-9-4)34(39-24-13-8-3)32(41-31)30-16-15-21-36(30)26-29-19-17-28(10-5)18-20-29/h15-21,31-35H,6-14,22-27H2,1-5H3/t31-,32?,33-,34+,35?/m1/s1. The number of hydrogen-bond donors (Lipinski definition) is 0. The number of unbranched alkanes of at least 4 members (excludes halogenated alkanes) is 4. The molecule has 1 aromatic heterocycles. The summed E-state index contributed by atoms with van der Waals surface area (Å²) in [6.07, 6.45) is 10.3. The molecular formula is C35H57NO5. The number of hydrogen-bond acceptors (Lipinski definition) is 5. The molecule has 2 aromatic rings. The smallest absolute Gasteiger partial charge is 0.127 e. The predicted octanol–water partition coefficient (Wildman–Crippen LogP) is 7.91. The van der Waals surface area contributed by atoms with Gasteiger partial charge in [-0.15, -0.1) is 0 Å². The Morgan fingerprint density at radius 2 is 1.22 bits per heavy atom. The van der Waals surface area contributed by atoms with E-state index in [1.807, 2.05) is 0 Å². The molecule has 1 saturated heterocycles. The van der Waals surface area contributed by atoms with Gasteiger partial charge in [0.1, 0.15) is 30.5 Å². The minimum Gasteiger partial charge on any atom is -0.379 e. The van der Waals surface area contributed by atoms with Crippen LogP contribution < -0.4 is 0 Å². The maximum Gasteiger partial charge on any atom is 0.127 e. The zero-order chi connectivity index (χ0) is 29.3. The molecule has 0 N–H and O–H groups in total. The molecule has 232 valence electrons. The van der Waals surface area contributed by atoms with Crippen molar-refractivity contribution in [2.45, 2.75) is 129 Å². The van der Waals surface area contributed by atoms with Crippen LogP contribution in [0.1, 0.15) is 109 Å². The Balaban J connectivity index is 1.94. The van der Waals surface area contributed by atoms with Crippen molar-refractivity contribution in [1.82, 2.24) is 4.57 Å². The van der Waals surface area contributed by atoms with E-state index >= 15 is 0 Å². The van der Waals surface area contributed by atoms with E-state index in [-0.39, 0.29) is 30.5 Å². The molecule has 6 heteroatoms. The van der Waals surface area contributed by atoms with Gasteiger partial charge in [-0.25, -0.2) is 0 Å². The second kappa shape index (κ2) is 19.5. The van der Waals surface area contributed by atoms with Gasteiger partial charge in [0.05, 0.1) is 6.61 Å². The molecule has 1 aliphatic heterocycles. The molecule has 1 aliphatic rings. The summed E-state index contributed by atoms with van der Waals surface area (Å²) in [6, 6.07) is 13.2. The first-order valence-electron chi connectivity index (χ1n) is 16.5. The fraction of sp³-hybridized carbons (Fsp3) is 0.714. The summed E-state index contributed by atoms with van der Waals surface area (Å²) in [5, 5.41) is 0. The largest absolute Gasteiger partial charge is 0.379 e. The summed E-state index contributed by atoms with van der Waals surface area (Å²) >= 11 is 0. The van der Waals surface area contributed by atoms with Crippen molar-refractivity contribution in [3.8, 4) is 0 Å². The van der Waals surface area contributed by atoms with Crippen molar-refractivity contribution in [2.24, 2.45) is 0 Å². The summed E-state index contributed by atoms with van der Waals surface area (Å²) < 4.78 is 35.4. The molecule has 1 fully saturated rings. The minimum absolute atomic E-state index is 0.235. The first-order valence-corrected chi connectivity index (χ1v) is 16.5. The van der Waals surface area contributed by atoms with Crippen LogP contribution in [0, 0.1) is 0 Å².